The second-order valence-electron chi connectivity index (χ2n) is 7.00. The van der Waals surface area contributed by atoms with Gasteiger partial charge >= 0.3 is 0 Å². The third kappa shape index (κ3) is 5.44. The van der Waals surface area contributed by atoms with Crippen LogP contribution in [0.1, 0.15) is 39.3 Å². The van der Waals surface area contributed by atoms with E-state index in [0.29, 0.717) is 13.1 Å². The van der Waals surface area contributed by atoms with Gasteiger partial charge in [-0.25, -0.2) is 8.42 Å². The highest BCUT2D eigenvalue weighted by Crippen LogP contribution is 2.20. The number of nitrogens with zero attached hydrogens (tertiary/aromatic N) is 2. The Morgan fingerprint density at radius 1 is 0.966 bits per heavy atom. The molecule has 1 amide bonds. The smallest absolute Gasteiger partial charge is 0.243 e. The number of anilines is 1. The number of nitrogens with one attached hydrogen (secondary N) is 1. The lowest BCUT2D eigenvalue weighted by Gasteiger charge is -2.25. The predicted octanol–water partition coefficient (Wildman–Crippen LogP) is 3.42. The molecule has 6 nitrogen and oxygen atoms in total. The Morgan fingerprint density at radius 3 is 2.03 bits per heavy atom. The van der Waals surface area contributed by atoms with Gasteiger partial charge in [0.05, 0.1) is 10.9 Å². The normalized spacial score (nSPS) is 13.9. The molecule has 1 N–H and O–H groups in total. The number of para-hydroxylation sites is 1. The van der Waals surface area contributed by atoms with Crippen molar-refractivity contribution in [2.24, 2.45) is 0 Å². The van der Waals surface area contributed by atoms with Crippen molar-refractivity contribution >= 4 is 21.6 Å². The van der Waals surface area contributed by atoms with Crippen LogP contribution in [0.3, 0.4) is 0 Å². The molecule has 0 aromatic heterocycles. The van der Waals surface area contributed by atoms with Crippen LogP contribution in [0.25, 0.3) is 0 Å². The number of likely N-dealkylation sites (N-methyl/N-ethyl adjacent to an activating group) is 1. The van der Waals surface area contributed by atoms with Crippen molar-refractivity contribution in [3.8, 4) is 0 Å². The van der Waals surface area contributed by atoms with Crippen LogP contribution in [0.2, 0.25) is 0 Å². The standard InChI is InChI=1S/C22H31N3O3S/c1-6-25(7-2)29(27,28)21-15-13-19(14-16-21)17(3)23-18(4)22(26)24(5)20-11-9-8-10-12-20/h8-18,23H,6-7H2,1-5H3/t17-,18+/m0/s1. The fourth-order valence-electron chi connectivity index (χ4n) is 3.25. The van der Waals surface area contributed by atoms with Crippen LogP contribution < -0.4 is 10.2 Å². The average molecular weight is 418 g/mol. The van der Waals surface area contributed by atoms with E-state index in [2.05, 4.69) is 5.32 Å². The van der Waals surface area contributed by atoms with Gasteiger partial charge < -0.3 is 4.90 Å². The summed E-state index contributed by atoms with van der Waals surface area (Å²) in [6, 6.07) is 15.8. The number of rotatable bonds is 9. The molecule has 0 saturated carbocycles. The summed E-state index contributed by atoms with van der Waals surface area (Å²) in [6.45, 7) is 8.32. The summed E-state index contributed by atoms with van der Waals surface area (Å²) in [7, 11) is -1.71. The van der Waals surface area contributed by atoms with Crippen molar-refractivity contribution in [1.29, 1.82) is 0 Å². The van der Waals surface area contributed by atoms with Crippen molar-refractivity contribution < 1.29 is 13.2 Å². The minimum absolute atomic E-state index is 0.0382. The lowest BCUT2D eigenvalue weighted by Crippen LogP contribution is -2.44. The monoisotopic (exact) mass is 417 g/mol. The van der Waals surface area contributed by atoms with Gasteiger partial charge in [-0.3, -0.25) is 10.1 Å². The Labute approximate surface area is 174 Å². The van der Waals surface area contributed by atoms with E-state index in [1.807, 2.05) is 58.0 Å². The molecule has 0 aliphatic rings. The maximum atomic E-state index is 12.7. The Bertz CT molecular complexity index is 895. The maximum absolute atomic E-state index is 12.7. The molecule has 2 aromatic carbocycles. The number of amides is 1. The zero-order chi connectivity index (χ0) is 21.6. The van der Waals surface area contributed by atoms with Crippen molar-refractivity contribution in [1.82, 2.24) is 9.62 Å². The van der Waals surface area contributed by atoms with Gasteiger partial charge in [-0.2, -0.15) is 4.31 Å². The maximum Gasteiger partial charge on any atom is 0.243 e. The molecule has 2 atom stereocenters. The van der Waals surface area contributed by atoms with Gasteiger partial charge in [-0.1, -0.05) is 44.2 Å². The van der Waals surface area contributed by atoms with Gasteiger partial charge in [-0.05, 0) is 43.7 Å². The number of carbonyl (C=O) groups is 1. The molecule has 0 aliphatic heterocycles. The van der Waals surface area contributed by atoms with E-state index >= 15 is 0 Å². The van der Waals surface area contributed by atoms with E-state index in [-0.39, 0.29) is 16.8 Å². The number of carbonyl (C=O) groups excluding carboxylic acids is 1. The third-order valence-electron chi connectivity index (χ3n) is 5.07. The summed E-state index contributed by atoms with van der Waals surface area (Å²) in [5.74, 6) is -0.0382. The molecular formula is C22H31N3O3S. The molecule has 158 valence electrons. The van der Waals surface area contributed by atoms with E-state index in [0.717, 1.165) is 11.3 Å². The quantitative estimate of drug-likeness (QED) is 0.679. The molecule has 0 saturated heterocycles. The van der Waals surface area contributed by atoms with E-state index in [1.54, 1.807) is 36.2 Å². The molecule has 2 aromatic rings. The Morgan fingerprint density at radius 2 is 1.52 bits per heavy atom. The lowest BCUT2D eigenvalue weighted by molar-refractivity contribution is -0.120. The molecule has 0 unspecified atom stereocenters. The molecule has 0 radical (unpaired) electrons. The highest BCUT2D eigenvalue weighted by Gasteiger charge is 2.23. The highest BCUT2D eigenvalue weighted by atomic mass is 32.2. The van der Waals surface area contributed by atoms with Crippen LogP contribution in [0.5, 0.6) is 0 Å². The number of hydrogen-bond acceptors (Lipinski definition) is 4. The Balaban J connectivity index is 2.07. The fraction of sp³-hybridized carbons (Fsp3) is 0.409. The topological polar surface area (TPSA) is 69.7 Å². The molecular weight excluding hydrogens is 386 g/mol. The first-order chi connectivity index (χ1) is 13.7. The number of benzene rings is 2. The summed E-state index contributed by atoms with van der Waals surface area (Å²) in [5.41, 5.74) is 1.76. The van der Waals surface area contributed by atoms with Crippen molar-refractivity contribution in [3.63, 3.8) is 0 Å². The number of hydrogen-bond donors (Lipinski definition) is 1. The number of sulfonamides is 1. The molecule has 0 aliphatic carbocycles. The Kier molecular flexibility index (Phi) is 7.96. The average Bonchev–Trinajstić information content (AvgIpc) is 2.74. The second kappa shape index (κ2) is 10.0. The SMILES string of the molecule is CCN(CC)S(=O)(=O)c1ccc([C@H](C)N[C@H](C)C(=O)N(C)c2ccccc2)cc1. The van der Waals surface area contributed by atoms with Crippen molar-refractivity contribution in [2.75, 3.05) is 25.0 Å². The zero-order valence-electron chi connectivity index (χ0n) is 17.8. The van der Waals surface area contributed by atoms with Crippen LogP contribution >= 0.6 is 0 Å². The van der Waals surface area contributed by atoms with Gasteiger partial charge in [0.2, 0.25) is 15.9 Å². The van der Waals surface area contributed by atoms with Crippen LogP contribution in [0.15, 0.2) is 59.5 Å². The molecule has 0 heterocycles. The van der Waals surface area contributed by atoms with E-state index in [4.69, 9.17) is 0 Å². The first-order valence-electron chi connectivity index (χ1n) is 9.91. The summed E-state index contributed by atoms with van der Waals surface area (Å²) in [6.07, 6.45) is 0. The third-order valence-corrected chi connectivity index (χ3v) is 7.13. The summed E-state index contributed by atoms with van der Waals surface area (Å²) in [4.78, 5) is 14.6. The summed E-state index contributed by atoms with van der Waals surface area (Å²) in [5, 5.41) is 3.30. The fourth-order valence-corrected chi connectivity index (χ4v) is 4.71. The van der Waals surface area contributed by atoms with E-state index in [1.165, 1.54) is 4.31 Å². The highest BCUT2D eigenvalue weighted by molar-refractivity contribution is 7.89. The zero-order valence-corrected chi connectivity index (χ0v) is 18.6. The first kappa shape index (κ1) is 23.1. The first-order valence-corrected chi connectivity index (χ1v) is 11.3. The van der Waals surface area contributed by atoms with Crippen LogP contribution in [-0.4, -0.2) is 44.8 Å². The molecule has 2 rings (SSSR count). The van der Waals surface area contributed by atoms with Gasteiger partial charge in [0.25, 0.3) is 0 Å². The van der Waals surface area contributed by atoms with Crippen LogP contribution in [0.4, 0.5) is 5.69 Å². The van der Waals surface area contributed by atoms with Crippen molar-refractivity contribution in [2.45, 2.75) is 44.7 Å². The Hall–Kier alpha value is -2.22. The minimum Gasteiger partial charge on any atom is -0.314 e. The molecule has 0 bridgehead atoms. The van der Waals surface area contributed by atoms with E-state index in [9.17, 15) is 13.2 Å². The molecule has 0 fully saturated rings. The van der Waals surface area contributed by atoms with Gasteiger partial charge in [0, 0.05) is 31.9 Å². The van der Waals surface area contributed by atoms with Gasteiger partial charge in [-0.15, -0.1) is 0 Å². The van der Waals surface area contributed by atoms with E-state index < -0.39 is 16.1 Å². The van der Waals surface area contributed by atoms with Gasteiger partial charge in [0.15, 0.2) is 0 Å². The largest absolute Gasteiger partial charge is 0.314 e. The minimum atomic E-state index is -3.47. The second-order valence-corrected chi connectivity index (χ2v) is 8.94. The molecule has 0 spiro atoms. The van der Waals surface area contributed by atoms with Crippen LogP contribution in [0, 0.1) is 0 Å². The summed E-state index contributed by atoms with van der Waals surface area (Å²) < 4.78 is 26.7. The predicted molar refractivity (Wildman–Crippen MR) is 117 cm³/mol. The van der Waals surface area contributed by atoms with Crippen molar-refractivity contribution in [3.05, 3.63) is 60.2 Å². The van der Waals surface area contributed by atoms with Gasteiger partial charge in [0.1, 0.15) is 0 Å². The molecule has 7 heteroatoms. The molecule has 29 heavy (non-hydrogen) atoms. The lowest BCUT2D eigenvalue weighted by atomic mass is 10.1. The van der Waals surface area contributed by atoms with Crippen LogP contribution in [-0.2, 0) is 14.8 Å². The summed E-state index contributed by atoms with van der Waals surface area (Å²) >= 11 is 0.